The molecule has 0 N–H and O–H groups in total. The van der Waals surface area contributed by atoms with Gasteiger partial charge in [0.2, 0.25) is 0 Å². The van der Waals surface area contributed by atoms with Crippen molar-refractivity contribution in [2.24, 2.45) is 5.92 Å². The van der Waals surface area contributed by atoms with E-state index in [0.29, 0.717) is 18.1 Å². The van der Waals surface area contributed by atoms with Gasteiger partial charge in [0.05, 0.1) is 12.2 Å². The van der Waals surface area contributed by atoms with Crippen LogP contribution in [0.4, 0.5) is 0 Å². The van der Waals surface area contributed by atoms with Gasteiger partial charge in [-0.15, -0.1) is 0 Å². The van der Waals surface area contributed by atoms with Gasteiger partial charge in [-0.2, -0.15) is 0 Å². The standard InChI is InChI=1S/C17H26O2/c1-6-10-12-15(8-3)14(5)13-16(11-7-2)17(18)19-9-4/h7,10-13,15H,2,6,8-9H2,1,3-5H3. The fraction of sp³-hybridized carbons (Fsp3) is 0.471. The molecule has 0 rings (SSSR count). The molecule has 0 aliphatic heterocycles. The summed E-state index contributed by atoms with van der Waals surface area (Å²) < 4.78 is 5.03. The van der Waals surface area contributed by atoms with E-state index in [1.807, 2.05) is 13.0 Å². The lowest BCUT2D eigenvalue weighted by Crippen LogP contribution is -2.07. The second-order valence-corrected chi connectivity index (χ2v) is 4.32. The van der Waals surface area contributed by atoms with Crippen LogP contribution in [0.15, 0.2) is 48.1 Å². The highest BCUT2D eigenvalue weighted by Crippen LogP contribution is 2.19. The maximum atomic E-state index is 11.8. The third-order valence-electron chi connectivity index (χ3n) is 2.82. The van der Waals surface area contributed by atoms with Gasteiger partial charge in [0.15, 0.2) is 0 Å². The number of esters is 1. The molecular weight excluding hydrogens is 236 g/mol. The van der Waals surface area contributed by atoms with Crippen LogP contribution in [0, 0.1) is 5.92 Å². The van der Waals surface area contributed by atoms with Crippen LogP contribution in [0.5, 0.6) is 0 Å². The highest BCUT2D eigenvalue weighted by molar-refractivity contribution is 5.92. The molecular formula is C17H26O2. The molecule has 0 aromatic rings. The fourth-order valence-corrected chi connectivity index (χ4v) is 1.78. The molecule has 1 atom stereocenters. The number of hydrogen-bond donors (Lipinski definition) is 0. The Morgan fingerprint density at radius 2 is 2.00 bits per heavy atom. The van der Waals surface area contributed by atoms with Gasteiger partial charge in [-0.25, -0.2) is 4.79 Å². The van der Waals surface area contributed by atoms with Crippen LogP contribution in [-0.2, 0) is 9.53 Å². The summed E-state index contributed by atoms with van der Waals surface area (Å²) in [6.07, 6.45) is 11.6. The Hall–Kier alpha value is -1.57. The molecule has 0 aromatic carbocycles. The normalized spacial score (nSPS) is 14.5. The summed E-state index contributed by atoms with van der Waals surface area (Å²) in [4.78, 5) is 11.8. The maximum absolute atomic E-state index is 11.8. The van der Waals surface area contributed by atoms with E-state index in [1.54, 1.807) is 19.1 Å². The Balaban J connectivity index is 5.10. The first-order valence-electron chi connectivity index (χ1n) is 6.95. The second-order valence-electron chi connectivity index (χ2n) is 4.32. The first-order valence-corrected chi connectivity index (χ1v) is 6.95. The van der Waals surface area contributed by atoms with Crippen molar-refractivity contribution in [1.29, 1.82) is 0 Å². The lowest BCUT2D eigenvalue weighted by atomic mass is 9.95. The Labute approximate surface area is 117 Å². The molecule has 2 nitrogen and oxygen atoms in total. The van der Waals surface area contributed by atoms with Crippen molar-refractivity contribution in [1.82, 2.24) is 0 Å². The SMILES string of the molecule is C=CC=C(C=C(C)C(C=CCC)CC)C(=O)OCC. The number of allylic oxidation sites excluding steroid dienone is 5. The summed E-state index contributed by atoms with van der Waals surface area (Å²) in [6.45, 7) is 12.1. The quantitative estimate of drug-likeness (QED) is 0.276. The fourth-order valence-electron chi connectivity index (χ4n) is 1.78. The van der Waals surface area contributed by atoms with Crippen LogP contribution < -0.4 is 0 Å². The smallest absolute Gasteiger partial charge is 0.338 e. The topological polar surface area (TPSA) is 26.3 Å². The van der Waals surface area contributed by atoms with Gasteiger partial charge in [-0.3, -0.25) is 0 Å². The second kappa shape index (κ2) is 10.4. The molecule has 0 amide bonds. The Kier molecular flexibility index (Phi) is 9.51. The first kappa shape index (κ1) is 17.4. The molecule has 0 aliphatic carbocycles. The van der Waals surface area contributed by atoms with E-state index in [2.05, 4.69) is 32.6 Å². The number of hydrogen-bond acceptors (Lipinski definition) is 2. The number of rotatable bonds is 8. The van der Waals surface area contributed by atoms with Gasteiger partial charge >= 0.3 is 5.97 Å². The predicted octanol–water partition coefficient (Wildman–Crippen LogP) is 4.60. The van der Waals surface area contributed by atoms with Gasteiger partial charge in [0, 0.05) is 0 Å². The van der Waals surface area contributed by atoms with Crippen LogP contribution in [0.25, 0.3) is 0 Å². The molecule has 1 unspecified atom stereocenters. The summed E-state index contributed by atoms with van der Waals surface area (Å²) in [6, 6.07) is 0. The van der Waals surface area contributed by atoms with E-state index in [-0.39, 0.29) is 5.97 Å². The van der Waals surface area contributed by atoms with Gasteiger partial charge in [0.1, 0.15) is 0 Å². The van der Waals surface area contributed by atoms with Crippen molar-refractivity contribution in [2.45, 2.75) is 40.5 Å². The molecule has 0 spiro atoms. The highest BCUT2D eigenvalue weighted by Gasteiger charge is 2.10. The molecule has 0 aromatic heterocycles. The largest absolute Gasteiger partial charge is 0.462 e. The van der Waals surface area contributed by atoms with Gasteiger partial charge in [0.25, 0.3) is 0 Å². The first-order chi connectivity index (χ1) is 9.10. The molecule has 0 saturated carbocycles. The van der Waals surface area contributed by atoms with Crippen molar-refractivity contribution in [3.05, 3.63) is 48.1 Å². The van der Waals surface area contributed by atoms with Crippen molar-refractivity contribution in [3.8, 4) is 0 Å². The van der Waals surface area contributed by atoms with E-state index in [4.69, 9.17) is 4.74 Å². The maximum Gasteiger partial charge on any atom is 0.338 e. The molecule has 0 radical (unpaired) electrons. The van der Waals surface area contributed by atoms with E-state index in [1.165, 1.54) is 0 Å². The zero-order valence-electron chi connectivity index (χ0n) is 12.6. The summed E-state index contributed by atoms with van der Waals surface area (Å²) in [5, 5.41) is 0. The van der Waals surface area contributed by atoms with Crippen molar-refractivity contribution < 1.29 is 9.53 Å². The van der Waals surface area contributed by atoms with Crippen molar-refractivity contribution in [2.75, 3.05) is 6.61 Å². The predicted molar refractivity (Wildman–Crippen MR) is 81.9 cm³/mol. The summed E-state index contributed by atoms with van der Waals surface area (Å²) in [7, 11) is 0. The summed E-state index contributed by atoms with van der Waals surface area (Å²) in [5.74, 6) is 0.0682. The lowest BCUT2D eigenvalue weighted by Gasteiger charge is -2.12. The zero-order chi connectivity index (χ0) is 14.7. The highest BCUT2D eigenvalue weighted by atomic mass is 16.5. The minimum atomic E-state index is -0.295. The van der Waals surface area contributed by atoms with Crippen molar-refractivity contribution in [3.63, 3.8) is 0 Å². The van der Waals surface area contributed by atoms with Crippen LogP contribution in [-0.4, -0.2) is 12.6 Å². The van der Waals surface area contributed by atoms with Crippen molar-refractivity contribution >= 4 is 5.97 Å². The third-order valence-corrected chi connectivity index (χ3v) is 2.82. The number of carbonyl (C=O) groups is 1. The van der Waals surface area contributed by atoms with Gasteiger partial charge in [-0.05, 0) is 44.8 Å². The Bertz CT molecular complexity index is 373. The average Bonchev–Trinajstić information content (AvgIpc) is 2.39. The van der Waals surface area contributed by atoms with Crippen LogP contribution in [0.3, 0.4) is 0 Å². The molecule has 0 bridgehead atoms. The molecule has 0 fully saturated rings. The lowest BCUT2D eigenvalue weighted by molar-refractivity contribution is -0.138. The minimum Gasteiger partial charge on any atom is -0.462 e. The summed E-state index contributed by atoms with van der Waals surface area (Å²) >= 11 is 0. The zero-order valence-corrected chi connectivity index (χ0v) is 12.6. The van der Waals surface area contributed by atoms with Gasteiger partial charge < -0.3 is 4.74 Å². The van der Waals surface area contributed by atoms with Gasteiger partial charge in [-0.1, -0.05) is 44.2 Å². The third kappa shape index (κ3) is 6.80. The number of carbonyl (C=O) groups excluding carboxylic acids is 1. The summed E-state index contributed by atoms with van der Waals surface area (Å²) in [5.41, 5.74) is 1.71. The van der Waals surface area contributed by atoms with E-state index in [9.17, 15) is 4.79 Å². The minimum absolute atomic E-state index is 0.295. The average molecular weight is 262 g/mol. The Morgan fingerprint density at radius 3 is 2.47 bits per heavy atom. The van der Waals surface area contributed by atoms with Crippen LogP contribution in [0.1, 0.15) is 40.5 Å². The molecule has 2 heteroatoms. The molecule has 0 heterocycles. The molecule has 19 heavy (non-hydrogen) atoms. The van der Waals surface area contributed by atoms with E-state index < -0.39 is 0 Å². The van der Waals surface area contributed by atoms with E-state index in [0.717, 1.165) is 18.4 Å². The number of ether oxygens (including phenoxy) is 1. The molecule has 0 saturated heterocycles. The monoisotopic (exact) mass is 262 g/mol. The molecule has 0 aliphatic rings. The van der Waals surface area contributed by atoms with Crippen LogP contribution >= 0.6 is 0 Å². The Morgan fingerprint density at radius 1 is 1.32 bits per heavy atom. The van der Waals surface area contributed by atoms with E-state index >= 15 is 0 Å². The van der Waals surface area contributed by atoms with Crippen LogP contribution in [0.2, 0.25) is 0 Å². The molecule has 106 valence electrons.